The smallest absolute Gasteiger partial charge is 0.0744 e. The number of hydrogen-bond acceptors (Lipinski definition) is 4. The Morgan fingerprint density at radius 2 is 1.82 bits per heavy atom. The largest absolute Gasteiger partial charge is 0.279 e. The van der Waals surface area contributed by atoms with Crippen molar-refractivity contribution in [2.24, 2.45) is 0 Å². The summed E-state index contributed by atoms with van der Waals surface area (Å²) < 4.78 is 0. The minimum atomic E-state index is 0.822. The van der Waals surface area contributed by atoms with Gasteiger partial charge in [-0.25, -0.2) is 4.98 Å². The van der Waals surface area contributed by atoms with Gasteiger partial charge < -0.3 is 0 Å². The average Bonchev–Trinajstić information content (AvgIpc) is 2.73. The van der Waals surface area contributed by atoms with E-state index in [2.05, 4.69) is 66.8 Å². The molecule has 2 aromatic heterocycles. The van der Waals surface area contributed by atoms with E-state index in [1.807, 2.05) is 24.4 Å². The first kappa shape index (κ1) is 19.8. The van der Waals surface area contributed by atoms with Crippen LogP contribution in [0.5, 0.6) is 0 Å². The van der Waals surface area contributed by atoms with Gasteiger partial charge in [0.15, 0.2) is 0 Å². The molecule has 3 rings (SSSR count). The third kappa shape index (κ3) is 4.65. The Balaban J connectivity index is 2.06. The Morgan fingerprint density at radius 1 is 1.04 bits per heavy atom. The predicted octanol–water partition coefficient (Wildman–Crippen LogP) is 5.90. The van der Waals surface area contributed by atoms with E-state index in [0.29, 0.717) is 0 Å². The van der Waals surface area contributed by atoms with E-state index < -0.39 is 0 Å². The second-order valence-electron chi connectivity index (χ2n) is 6.53. The maximum Gasteiger partial charge on any atom is 0.0744 e. The van der Waals surface area contributed by atoms with E-state index in [4.69, 9.17) is 9.82 Å². The van der Waals surface area contributed by atoms with Gasteiger partial charge in [-0.3, -0.25) is 15.3 Å². The van der Waals surface area contributed by atoms with Gasteiger partial charge in [0.05, 0.1) is 24.0 Å². The molecule has 0 amide bonds. The van der Waals surface area contributed by atoms with Crippen LogP contribution < -0.4 is 5.48 Å². The van der Waals surface area contributed by atoms with Crippen molar-refractivity contribution in [1.82, 2.24) is 9.97 Å². The molecular weight excluding hydrogens is 346 g/mol. The summed E-state index contributed by atoms with van der Waals surface area (Å²) in [5.74, 6) is 0. The number of nitrogens with zero attached hydrogens (tertiary/aromatic N) is 2. The summed E-state index contributed by atoms with van der Waals surface area (Å²) in [6.07, 6.45) is 13.1. The van der Waals surface area contributed by atoms with Gasteiger partial charge >= 0.3 is 0 Å². The average molecular weight is 374 g/mol. The SMILES string of the molecule is CC/C=C\C=C/Cc1cc2c(CC)nccc2nc1-c1ccc(NOC)cc1. The van der Waals surface area contributed by atoms with E-state index in [9.17, 15) is 0 Å². The van der Waals surface area contributed by atoms with Crippen molar-refractivity contribution in [2.45, 2.75) is 33.1 Å². The molecule has 0 spiro atoms. The maximum atomic E-state index is 5.00. The van der Waals surface area contributed by atoms with Crippen molar-refractivity contribution in [1.29, 1.82) is 0 Å². The van der Waals surface area contributed by atoms with Gasteiger partial charge in [-0.1, -0.05) is 50.3 Å². The molecule has 0 saturated carbocycles. The fourth-order valence-corrected chi connectivity index (χ4v) is 3.18. The highest BCUT2D eigenvalue weighted by Crippen LogP contribution is 2.28. The first-order valence-electron chi connectivity index (χ1n) is 9.75. The van der Waals surface area contributed by atoms with Crippen molar-refractivity contribution in [3.63, 3.8) is 0 Å². The molecule has 2 heterocycles. The first-order valence-corrected chi connectivity index (χ1v) is 9.75. The number of aromatic nitrogens is 2. The highest BCUT2D eigenvalue weighted by Gasteiger charge is 2.11. The van der Waals surface area contributed by atoms with E-state index in [1.54, 1.807) is 7.11 Å². The predicted molar refractivity (Wildman–Crippen MR) is 117 cm³/mol. The highest BCUT2D eigenvalue weighted by atomic mass is 16.6. The lowest BCUT2D eigenvalue weighted by Gasteiger charge is -2.12. The number of aryl methyl sites for hydroxylation is 1. The van der Waals surface area contributed by atoms with E-state index in [0.717, 1.165) is 52.8 Å². The summed E-state index contributed by atoms with van der Waals surface area (Å²) in [6.45, 7) is 4.27. The van der Waals surface area contributed by atoms with E-state index >= 15 is 0 Å². The highest BCUT2D eigenvalue weighted by molar-refractivity contribution is 5.85. The Labute approximate surface area is 166 Å². The second kappa shape index (κ2) is 9.81. The second-order valence-corrected chi connectivity index (χ2v) is 6.53. The molecule has 0 atom stereocenters. The first-order chi connectivity index (χ1) is 13.8. The number of hydrogen-bond donors (Lipinski definition) is 1. The van der Waals surface area contributed by atoms with Crippen LogP contribution in [-0.2, 0) is 17.7 Å². The fraction of sp³-hybridized carbons (Fsp3) is 0.250. The third-order valence-electron chi connectivity index (χ3n) is 4.57. The molecule has 0 fully saturated rings. The van der Waals surface area contributed by atoms with Crippen LogP contribution in [0.25, 0.3) is 22.2 Å². The topological polar surface area (TPSA) is 47.0 Å². The molecule has 0 bridgehead atoms. The van der Waals surface area contributed by atoms with Gasteiger partial charge in [0, 0.05) is 22.8 Å². The van der Waals surface area contributed by atoms with Gasteiger partial charge in [-0.2, -0.15) is 0 Å². The molecule has 4 heteroatoms. The summed E-state index contributed by atoms with van der Waals surface area (Å²) in [5.41, 5.74) is 9.14. The number of pyridine rings is 2. The molecule has 0 aliphatic carbocycles. The standard InChI is InChI=1S/C24H27N3O/c1-4-6-7-8-9-10-19-17-21-22(5-2)25-16-15-23(21)26-24(19)18-11-13-20(14-12-18)27-28-3/h6-9,11-17,27H,4-5,10H2,1-3H3/b7-6-,9-8-. The molecule has 0 radical (unpaired) electrons. The number of anilines is 1. The molecule has 1 N–H and O–H groups in total. The summed E-state index contributed by atoms with van der Waals surface area (Å²) in [5, 5.41) is 1.14. The Morgan fingerprint density at radius 3 is 2.54 bits per heavy atom. The zero-order valence-corrected chi connectivity index (χ0v) is 16.8. The number of allylic oxidation sites excluding steroid dienone is 4. The molecule has 0 saturated heterocycles. The molecule has 0 unspecified atom stereocenters. The lowest BCUT2D eigenvalue weighted by molar-refractivity contribution is 0.271. The van der Waals surface area contributed by atoms with Crippen LogP contribution in [0.1, 0.15) is 31.5 Å². The zero-order valence-electron chi connectivity index (χ0n) is 16.8. The summed E-state index contributed by atoms with van der Waals surface area (Å²) in [4.78, 5) is 14.5. The van der Waals surface area contributed by atoms with Gasteiger partial charge in [-0.15, -0.1) is 0 Å². The molecular formula is C24H27N3O. The summed E-state index contributed by atoms with van der Waals surface area (Å²) >= 11 is 0. The van der Waals surface area contributed by atoms with Gasteiger partial charge in [-0.05, 0) is 49.1 Å². The molecule has 28 heavy (non-hydrogen) atoms. The molecule has 3 aromatic rings. The Bertz CT molecular complexity index is 975. The summed E-state index contributed by atoms with van der Waals surface area (Å²) in [7, 11) is 1.61. The number of nitrogens with one attached hydrogen (secondary N) is 1. The van der Waals surface area contributed by atoms with Crippen LogP contribution in [0, 0.1) is 0 Å². The molecule has 0 aliphatic heterocycles. The van der Waals surface area contributed by atoms with Crippen LogP contribution in [0.2, 0.25) is 0 Å². The van der Waals surface area contributed by atoms with Gasteiger partial charge in [0.1, 0.15) is 0 Å². The van der Waals surface area contributed by atoms with Crippen molar-refractivity contribution < 1.29 is 4.84 Å². The van der Waals surface area contributed by atoms with Crippen LogP contribution in [0.3, 0.4) is 0 Å². The minimum absolute atomic E-state index is 0.822. The molecule has 1 aromatic carbocycles. The van der Waals surface area contributed by atoms with E-state index in [-0.39, 0.29) is 0 Å². The van der Waals surface area contributed by atoms with Crippen LogP contribution in [0.4, 0.5) is 5.69 Å². The zero-order chi connectivity index (χ0) is 19.8. The number of benzene rings is 1. The summed E-state index contributed by atoms with van der Waals surface area (Å²) in [6, 6.07) is 12.4. The van der Waals surface area contributed by atoms with Gasteiger partial charge in [0.25, 0.3) is 0 Å². The van der Waals surface area contributed by atoms with Crippen molar-refractivity contribution in [2.75, 3.05) is 12.6 Å². The van der Waals surface area contributed by atoms with Crippen molar-refractivity contribution >= 4 is 16.6 Å². The van der Waals surface area contributed by atoms with E-state index in [1.165, 1.54) is 5.56 Å². The minimum Gasteiger partial charge on any atom is -0.279 e. The quantitative estimate of drug-likeness (QED) is 0.395. The molecule has 144 valence electrons. The number of fused-ring (bicyclic) bond motifs is 1. The Hall–Kier alpha value is -2.98. The normalized spacial score (nSPS) is 11.7. The third-order valence-corrected chi connectivity index (χ3v) is 4.57. The lowest BCUT2D eigenvalue weighted by atomic mass is 9.99. The van der Waals surface area contributed by atoms with Crippen molar-refractivity contribution in [3.8, 4) is 11.3 Å². The maximum absolute atomic E-state index is 5.00. The lowest BCUT2D eigenvalue weighted by Crippen LogP contribution is -1.98. The Kier molecular flexibility index (Phi) is 6.93. The molecule has 0 aliphatic rings. The van der Waals surface area contributed by atoms with Crippen LogP contribution in [-0.4, -0.2) is 17.1 Å². The van der Waals surface area contributed by atoms with Crippen LogP contribution in [0.15, 0.2) is 66.9 Å². The monoisotopic (exact) mass is 373 g/mol. The molecule has 4 nitrogen and oxygen atoms in total. The van der Waals surface area contributed by atoms with Crippen LogP contribution >= 0.6 is 0 Å². The van der Waals surface area contributed by atoms with Gasteiger partial charge in [0.2, 0.25) is 0 Å². The number of rotatable bonds is 8. The fourth-order valence-electron chi connectivity index (χ4n) is 3.18. The van der Waals surface area contributed by atoms with Crippen molar-refractivity contribution in [3.05, 3.63) is 78.2 Å².